The van der Waals surface area contributed by atoms with Gasteiger partial charge in [0.2, 0.25) is 5.91 Å². The molecule has 1 atom stereocenters. The molecule has 1 N–H and O–H groups in total. The minimum atomic E-state index is -0.823. The molecule has 2 aromatic heterocycles. The average Bonchev–Trinajstić information content (AvgIpc) is 3.55. The molecule has 4 aromatic rings. The first-order valence-electron chi connectivity index (χ1n) is 14.2. The summed E-state index contributed by atoms with van der Waals surface area (Å²) in [6, 6.07) is 18.1. The molecule has 5 heterocycles. The molecule has 0 saturated carbocycles. The fraction of sp³-hybridized carbons (Fsp3) is 0.375. The third-order valence-electron chi connectivity index (χ3n) is 9.45. The molecule has 7 rings (SSSR count). The number of halogens is 1. The molecular weight excluding hydrogens is 522 g/mol. The number of fused-ring (bicyclic) bond motifs is 2. The lowest BCUT2D eigenvalue weighted by atomic mass is 9.71. The van der Waals surface area contributed by atoms with E-state index in [1.165, 1.54) is 18.5 Å². The molecule has 40 heavy (non-hydrogen) atoms. The Bertz CT molecular complexity index is 1540. The lowest BCUT2D eigenvalue weighted by Crippen LogP contribution is -2.48. The second-order valence-corrected chi connectivity index (χ2v) is 12.0. The number of nitrogens with zero attached hydrogens (tertiary/aromatic N) is 5. The van der Waals surface area contributed by atoms with Gasteiger partial charge in [-0.15, -0.1) is 0 Å². The second kappa shape index (κ2) is 10.1. The van der Waals surface area contributed by atoms with Gasteiger partial charge >= 0.3 is 0 Å². The largest absolute Gasteiger partial charge is 0.371 e. The number of carbonyl (C=O) groups is 1. The molecule has 2 aromatic carbocycles. The molecule has 7 nitrogen and oxygen atoms in total. The van der Waals surface area contributed by atoms with Crippen molar-refractivity contribution < 1.29 is 9.90 Å². The number of aromatic nitrogens is 2. The first kappa shape index (κ1) is 25.4. The van der Waals surface area contributed by atoms with E-state index in [1.807, 2.05) is 58.4 Å². The number of hydrogen-bond acceptors (Lipinski definition) is 5. The Balaban J connectivity index is 1.04. The van der Waals surface area contributed by atoms with E-state index in [-0.39, 0.29) is 5.91 Å². The van der Waals surface area contributed by atoms with E-state index in [0.717, 1.165) is 66.7 Å². The summed E-state index contributed by atoms with van der Waals surface area (Å²) in [6.07, 6.45) is 9.39. The first-order chi connectivity index (χ1) is 19.5. The number of aliphatic hydroxyl groups is 1. The third-order valence-corrected chi connectivity index (χ3v) is 9.78. The van der Waals surface area contributed by atoms with Crippen LogP contribution in [-0.4, -0.2) is 51.6 Å². The van der Waals surface area contributed by atoms with Gasteiger partial charge in [0.15, 0.2) is 6.23 Å². The summed E-state index contributed by atoms with van der Waals surface area (Å²) in [5.74, 6) is 0.157. The normalized spacial score (nSPS) is 20.4. The van der Waals surface area contributed by atoms with Crippen molar-refractivity contribution in [3.63, 3.8) is 0 Å². The monoisotopic (exact) mass is 555 g/mol. The van der Waals surface area contributed by atoms with Crippen LogP contribution in [0.25, 0.3) is 10.9 Å². The van der Waals surface area contributed by atoms with Crippen LogP contribution in [0.1, 0.15) is 43.0 Å². The van der Waals surface area contributed by atoms with Gasteiger partial charge in [-0.2, -0.15) is 0 Å². The fourth-order valence-corrected chi connectivity index (χ4v) is 7.32. The van der Waals surface area contributed by atoms with Gasteiger partial charge in [-0.3, -0.25) is 9.78 Å². The molecule has 8 heteroatoms. The van der Waals surface area contributed by atoms with Crippen LogP contribution < -0.4 is 9.80 Å². The van der Waals surface area contributed by atoms with Crippen LogP contribution in [0.4, 0.5) is 11.4 Å². The van der Waals surface area contributed by atoms with E-state index in [0.29, 0.717) is 23.5 Å². The number of aliphatic hydroxyl groups excluding tert-OH is 1. The summed E-state index contributed by atoms with van der Waals surface area (Å²) in [5.41, 5.74) is 5.27. The average molecular weight is 556 g/mol. The predicted octanol–water partition coefficient (Wildman–Crippen LogP) is 5.61. The molecule has 206 valence electrons. The number of piperidine rings is 2. The van der Waals surface area contributed by atoms with Crippen molar-refractivity contribution in [3.8, 4) is 0 Å². The standard InChI is InChI=1S/C32H34ClN5O2/c33-26-5-1-4-24-21-38(31(40)29(24)26)27-6-2-3-23-9-16-37(30(23)27)22-28(39)36-19-12-32(13-20-36)10-17-35(18-11-32)25-7-14-34-15-8-25/h1-9,14-16,31,40H,10-13,17-22H2. The molecule has 3 aliphatic rings. The number of hydrogen-bond donors (Lipinski definition) is 1. The molecule has 3 aliphatic heterocycles. The zero-order valence-electron chi connectivity index (χ0n) is 22.5. The minimum Gasteiger partial charge on any atom is -0.371 e. The van der Waals surface area contributed by atoms with Crippen molar-refractivity contribution in [1.29, 1.82) is 0 Å². The maximum absolute atomic E-state index is 13.5. The number of para-hydroxylation sites is 1. The first-order valence-corrected chi connectivity index (χ1v) is 14.6. The topological polar surface area (TPSA) is 64.8 Å². The van der Waals surface area contributed by atoms with Crippen molar-refractivity contribution in [1.82, 2.24) is 14.5 Å². The van der Waals surface area contributed by atoms with Crippen LogP contribution in [0, 0.1) is 5.41 Å². The molecule has 1 unspecified atom stereocenters. The summed E-state index contributed by atoms with van der Waals surface area (Å²) in [6.45, 7) is 4.63. The SMILES string of the molecule is O=C(Cn1ccc2cccc(N3Cc4cccc(Cl)c4C3O)c21)N1CCC2(CC1)CCN(c1ccncc1)CC2. The number of benzene rings is 2. The van der Waals surface area contributed by atoms with Crippen molar-refractivity contribution in [2.45, 2.75) is 45.0 Å². The second-order valence-electron chi connectivity index (χ2n) is 11.5. The Labute approximate surface area is 239 Å². The number of rotatable bonds is 4. The molecule has 2 saturated heterocycles. The van der Waals surface area contributed by atoms with Crippen LogP contribution in [-0.2, 0) is 17.9 Å². The minimum absolute atomic E-state index is 0.157. The third kappa shape index (κ3) is 4.41. The van der Waals surface area contributed by atoms with Crippen LogP contribution in [0.5, 0.6) is 0 Å². The van der Waals surface area contributed by atoms with Crippen molar-refractivity contribution in [2.24, 2.45) is 5.41 Å². The van der Waals surface area contributed by atoms with Gasteiger partial charge in [-0.05, 0) is 67.0 Å². The molecule has 0 aliphatic carbocycles. The van der Waals surface area contributed by atoms with Crippen LogP contribution >= 0.6 is 11.6 Å². The smallest absolute Gasteiger partial charge is 0.242 e. The highest BCUT2D eigenvalue weighted by Gasteiger charge is 2.39. The number of anilines is 2. The maximum Gasteiger partial charge on any atom is 0.242 e. The van der Waals surface area contributed by atoms with Gasteiger partial charge in [0.05, 0.1) is 11.2 Å². The number of pyridine rings is 1. The zero-order chi connectivity index (χ0) is 27.3. The molecule has 2 fully saturated rings. The van der Waals surface area contributed by atoms with Gasteiger partial charge in [0, 0.05) is 73.0 Å². The highest BCUT2D eigenvalue weighted by molar-refractivity contribution is 6.31. The zero-order valence-corrected chi connectivity index (χ0v) is 23.3. The molecule has 0 bridgehead atoms. The highest BCUT2D eigenvalue weighted by Crippen LogP contribution is 2.43. The van der Waals surface area contributed by atoms with Gasteiger partial charge < -0.3 is 24.4 Å². The Morgan fingerprint density at radius 2 is 1.68 bits per heavy atom. The van der Waals surface area contributed by atoms with Gasteiger partial charge in [-0.25, -0.2) is 0 Å². The fourth-order valence-electron chi connectivity index (χ4n) is 7.03. The van der Waals surface area contributed by atoms with Crippen LogP contribution in [0.15, 0.2) is 73.2 Å². The Kier molecular flexibility index (Phi) is 6.44. The number of likely N-dealkylation sites (tertiary alicyclic amines) is 1. The van der Waals surface area contributed by atoms with Crippen LogP contribution in [0.2, 0.25) is 5.02 Å². The maximum atomic E-state index is 13.5. The van der Waals surface area contributed by atoms with Crippen molar-refractivity contribution in [3.05, 3.63) is 89.3 Å². The summed E-state index contributed by atoms with van der Waals surface area (Å²) in [7, 11) is 0. The quantitative estimate of drug-likeness (QED) is 0.354. The lowest BCUT2D eigenvalue weighted by molar-refractivity contribution is -0.134. The van der Waals surface area contributed by atoms with E-state index >= 15 is 0 Å². The Morgan fingerprint density at radius 3 is 2.42 bits per heavy atom. The summed E-state index contributed by atoms with van der Waals surface area (Å²) in [5, 5.41) is 12.8. The van der Waals surface area contributed by atoms with Gasteiger partial charge in [0.25, 0.3) is 0 Å². The lowest BCUT2D eigenvalue weighted by Gasteiger charge is -2.47. The van der Waals surface area contributed by atoms with Gasteiger partial charge in [-0.1, -0.05) is 35.9 Å². The highest BCUT2D eigenvalue weighted by atomic mass is 35.5. The Hall–Kier alpha value is -3.55. The van der Waals surface area contributed by atoms with Gasteiger partial charge in [0.1, 0.15) is 6.54 Å². The number of carbonyl (C=O) groups excluding carboxylic acids is 1. The van der Waals surface area contributed by atoms with E-state index < -0.39 is 6.23 Å². The van der Waals surface area contributed by atoms with Crippen molar-refractivity contribution >= 4 is 39.8 Å². The van der Waals surface area contributed by atoms with E-state index in [4.69, 9.17) is 11.6 Å². The molecule has 1 amide bonds. The Morgan fingerprint density at radius 1 is 0.950 bits per heavy atom. The summed E-state index contributed by atoms with van der Waals surface area (Å²) in [4.78, 5) is 24.2. The van der Waals surface area contributed by atoms with Crippen molar-refractivity contribution in [2.75, 3.05) is 36.0 Å². The molecule has 1 spiro atoms. The predicted molar refractivity (Wildman–Crippen MR) is 158 cm³/mol. The molecular formula is C32H34ClN5O2. The van der Waals surface area contributed by atoms with E-state index in [1.54, 1.807) is 0 Å². The van der Waals surface area contributed by atoms with E-state index in [2.05, 4.69) is 39.0 Å². The summed E-state index contributed by atoms with van der Waals surface area (Å²) >= 11 is 6.44. The number of amides is 1. The summed E-state index contributed by atoms with van der Waals surface area (Å²) < 4.78 is 2.04. The van der Waals surface area contributed by atoms with E-state index in [9.17, 15) is 9.90 Å². The van der Waals surface area contributed by atoms with Crippen LogP contribution in [0.3, 0.4) is 0 Å². The molecule has 0 radical (unpaired) electrons.